The number of carbonyl (C=O) groups excluding carboxylic acids is 3. The van der Waals surface area contributed by atoms with Gasteiger partial charge in [0.15, 0.2) is 6.10 Å². The normalized spacial score (nSPS) is 12.3. The molecule has 0 radical (unpaired) electrons. The lowest BCUT2D eigenvalue weighted by Crippen LogP contribution is -2.30. The molecule has 0 aliphatic heterocycles. The highest BCUT2D eigenvalue weighted by Crippen LogP contribution is 2.17. The highest BCUT2D eigenvalue weighted by molar-refractivity contribution is 5.71. The summed E-state index contributed by atoms with van der Waals surface area (Å²) in [6.45, 7) is 6.64. The molecule has 0 rings (SSSR count). The molecule has 0 unspecified atom stereocenters. The van der Waals surface area contributed by atoms with Crippen molar-refractivity contribution in [2.75, 3.05) is 13.2 Å². The summed E-state index contributed by atoms with van der Waals surface area (Å²) in [5, 5.41) is 0. The summed E-state index contributed by atoms with van der Waals surface area (Å²) in [7, 11) is 0. The molecule has 0 saturated carbocycles. The summed E-state index contributed by atoms with van der Waals surface area (Å²) in [6.07, 6.45) is 75.3. The van der Waals surface area contributed by atoms with Gasteiger partial charge in [-0.1, -0.05) is 281 Å². The van der Waals surface area contributed by atoms with Crippen LogP contribution in [0.1, 0.15) is 335 Å². The van der Waals surface area contributed by atoms with Crippen molar-refractivity contribution in [3.63, 3.8) is 0 Å². The van der Waals surface area contributed by atoms with Crippen LogP contribution in [0.15, 0.2) is 48.6 Å². The van der Waals surface area contributed by atoms with Crippen molar-refractivity contribution >= 4 is 17.9 Å². The number of carbonyl (C=O) groups is 3. The van der Waals surface area contributed by atoms with Crippen LogP contribution in [-0.2, 0) is 28.6 Å². The Morgan fingerprint density at radius 2 is 0.500 bits per heavy atom. The maximum Gasteiger partial charge on any atom is 0.306 e. The van der Waals surface area contributed by atoms with Gasteiger partial charge in [0, 0.05) is 19.3 Å². The summed E-state index contributed by atoms with van der Waals surface area (Å²) in [5.74, 6) is -0.881. The summed E-state index contributed by atoms with van der Waals surface area (Å²) >= 11 is 0. The van der Waals surface area contributed by atoms with Gasteiger partial charge in [0.05, 0.1) is 0 Å². The molecule has 72 heavy (non-hydrogen) atoms. The minimum absolute atomic E-state index is 0.0780. The van der Waals surface area contributed by atoms with Gasteiger partial charge in [-0.3, -0.25) is 14.4 Å². The molecule has 0 fully saturated rings. The highest BCUT2D eigenvalue weighted by Gasteiger charge is 2.19. The number of hydrogen-bond donors (Lipinski definition) is 0. The molecule has 0 aromatic rings. The zero-order valence-electron chi connectivity index (χ0n) is 48.2. The van der Waals surface area contributed by atoms with Crippen molar-refractivity contribution in [3.05, 3.63) is 48.6 Å². The number of rotatable bonds is 58. The topological polar surface area (TPSA) is 78.9 Å². The molecule has 0 aliphatic carbocycles. The smallest absolute Gasteiger partial charge is 0.306 e. The van der Waals surface area contributed by atoms with E-state index in [0.717, 1.165) is 83.5 Å². The lowest BCUT2D eigenvalue weighted by Gasteiger charge is -2.18. The van der Waals surface area contributed by atoms with Crippen LogP contribution >= 0.6 is 0 Å². The van der Waals surface area contributed by atoms with Crippen LogP contribution in [0.4, 0.5) is 0 Å². The fourth-order valence-corrected chi connectivity index (χ4v) is 9.27. The predicted molar refractivity (Wildman–Crippen MR) is 312 cm³/mol. The Bertz CT molecular complexity index is 1250. The zero-order valence-corrected chi connectivity index (χ0v) is 48.2. The van der Waals surface area contributed by atoms with E-state index in [9.17, 15) is 14.4 Å². The van der Waals surface area contributed by atoms with E-state index in [2.05, 4.69) is 69.4 Å². The summed E-state index contributed by atoms with van der Waals surface area (Å²) in [6, 6.07) is 0. The average Bonchev–Trinajstić information content (AvgIpc) is 3.38. The first-order valence-corrected chi connectivity index (χ1v) is 31.6. The van der Waals surface area contributed by atoms with E-state index in [-0.39, 0.29) is 31.1 Å². The van der Waals surface area contributed by atoms with Crippen LogP contribution in [0, 0.1) is 0 Å². The summed E-state index contributed by atoms with van der Waals surface area (Å²) in [4.78, 5) is 38.3. The van der Waals surface area contributed by atoms with Crippen molar-refractivity contribution in [3.8, 4) is 0 Å². The lowest BCUT2D eigenvalue weighted by atomic mass is 10.0. The molecule has 0 amide bonds. The van der Waals surface area contributed by atoms with E-state index in [0.29, 0.717) is 19.3 Å². The largest absolute Gasteiger partial charge is 0.462 e. The zero-order chi connectivity index (χ0) is 52.2. The van der Waals surface area contributed by atoms with Crippen molar-refractivity contribution in [1.82, 2.24) is 0 Å². The Morgan fingerprint density at radius 1 is 0.278 bits per heavy atom. The first-order valence-electron chi connectivity index (χ1n) is 31.6. The molecule has 0 heterocycles. The monoisotopic (exact) mass is 1010 g/mol. The van der Waals surface area contributed by atoms with Gasteiger partial charge in [-0.15, -0.1) is 0 Å². The lowest BCUT2D eigenvalue weighted by molar-refractivity contribution is -0.167. The number of esters is 3. The van der Waals surface area contributed by atoms with E-state index >= 15 is 0 Å². The van der Waals surface area contributed by atoms with Gasteiger partial charge in [-0.05, 0) is 83.5 Å². The second-order valence-electron chi connectivity index (χ2n) is 21.3. The van der Waals surface area contributed by atoms with Gasteiger partial charge in [0.2, 0.25) is 0 Å². The second-order valence-corrected chi connectivity index (χ2v) is 21.3. The molecule has 6 nitrogen and oxygen atoms in total. The average molecular weight is 1010 g/mol. The van der Waals surface area contributed by atoms with Gasteiger partial charge in [-0.2, -0.15) is 0 Å². The highest BCUT2D eigenvalue weighted by atomic mass is 16.6. The van der Waals surface area contributed by atoms with Crippen molar-refractivity contribution in [2.45, 2.75) is 341 Å². The Balaban J connectivity index is 4.37. The molecule has 0 aliphatic rings. The first-order chi connectivity index (χ1) is 35.5. The third-order valence-corrected chi connectivity index (χ3v) is 14.1. The Labute approximate surface area is 448 Å². The van der Waals surface area contributed by atoms with Gasteiger partial charge in [0.25, 0.3) is 0 Å². The molecule has 420 valence electrons. The maximum atomic E-state index is 12.9. The molecule has 6 heteroatoms. The minimum atomic E-state index is -0.782. The van der Waals surface area contributed by atoms with Gasteiger partial charge < -0.3 is 14.2 Å². The van der Waals surface area contributed by atoms with Crippen LogP contribution in [0.3, 0.4) is 0 Å². The first kappa shape index (κ1) is 69.4. The third kappa shape index (κ3) is 58.3. The number of unbranched alkanes of at least 4 members (excludes halogenated alkanes) is 39. The molecule has 0 aromatic carbocycles. The van der Waals surface area contributed by atoms with Crippen LogP contribution < -0.4 is 0 Å². The second kappa shape index (κ2) is 60.9. The fourth-order valence-electron chi connectivity index (χ4n) is 9.27. The molecule has 0 bridgehead atoms. The molecule has 0 spiro atoms. The molecular formula is C66H120O6. The molecule has 1 atom stereocenters. The van der Waals surface area contributed by atoms with Gasteiger partial charge >= 0.3 is 17.9 Å². The van der Waals surface area contributed by atoms with Gasteiger partial charge in [-0.25, -0.2) is 0 Å². The van der Waals surface area contributed by atoms with E-state index in [1.54, 1.807) is 0 Å². The van der Waals surface area contributed by atoms with Crippen LogP contribution in [-0.4, -0.2) is 37.2 Å². The predicted octanol–water partition coefficient (Wildman–Crippen LogP) is 21.4. The third-order valence-electron chi connectivity index (χ3n) is 14.1. The Hall–Kier alpha value is -2.63. The number of hydrogen-bond acceptors (Lipinski definition) is 6. The number of allylic oxidation sites excluding steroid dienone is 8. The van der Waals surface area contributed by atoms with Crippen LogP contribution in [0.5, 0.6) is 0 Å². The summed E-state index contributed by atoms with van der Waals surface area (Å²) < 4.78 is 16.9. The van der Waals surface area contributed by atoms with Crippen LogP contribution in [0.2, 0.25) is 0 Å². The SMILES string of the molecule is CCCCC/C=C/C/C=C/C/C=C/CCCCCCC(=O)OC[C@H](COC(=O)CCCCCCCCCCC/C=C/CCCCCCCC)OC(=O)CCCCCCCCCCCCCCCCCCCC. The van der Waals surface area contributed by atoms with Gasteiger partial charge in [0.1, 0.15) is 13.2 Å². The van der Waals surface area contributed by atoms with E-state index in [4.69, 9.17) is 14.2 Å². The van der Waals surface area contributed by atoms with E-state index < -0.39 is 6.10 Å². The standard InChI is InChI=1S/C66H120O6/c1-4-7-10-13-16-19-22-25-28-31-33-36-38-41-44-47-50-53-56-59-65(68)71-62-63(61-70-64(67)58-55-52-49-46-43-40-37-34-30-27-24-21-18-15-12-9-6-3)72-66(69)60-57-54-51-48-45-42-39-35-32-29-26-23-20-17-14-11-8-5-2/h18,21,25,27-28,30,37,40,63H,4-17,19-20,22-24,26,29,31-36,38-39,41-62H2,1-3H3/b21-18+,28-25+,30-27+,40-37+/t63-/m1/s1. The Morgan fingerprint density at radius 3 is 0.819 bits per heavy atom. The maximum absolute atomic E-state index is 12.9. The quantitative estimate of drug-likeness (QED) is 0.0261. The van der Waals surface area contributed by atoms with Crippen molar-refractivity contribution in [1.29, 1.82) is 0 Å². The minimum Gasteiger partial charge on any atom is -0.462 e. The fraction of sp³-hybridized carbons (Fsp3) is 0.833. The van der Waals surface area contributed by atoms with Crippen molar-refractivity contribution < 1.29 is 28.6 Å². The van der Waals surface area contributed by atoms with E-state index in [1.165, 1.54) is 212 Å². The molecule has 0 N–H and O–H groups in total. The molecule has 0 aromatic heterocycles. The molecule has 0 saturated heterocycles. The number of ether oxygens (including phenoxy) is 3. The van der Waals surface area contributed by atoms with Crippen molar-refractivity contribution in [2.24, 2.45) is 0 Å². The Kier molecular flexibility index (Phi) is 58.7. The van der Waals surface area contributed by atoms with E-state index in [1.807, 2.05) is 0 Å². The summed E-state index contributed by atoms with van der Waals surface area (Å²) in [5.41, 5.74) is 0. The molecular weight excluding hydrogens is 889 g/mol. The van der Waals surface area contributed by atoms with Crippen LogP contribution in [0.25, 0.3) is 0 Å².